The lowest BCUT2D eigenvalue weighted by Gasteiger charge is -2.10. The summed E-state index contributed by atoms with van der Waals surface area (Å²) in [6.45, 7) is 5.37. The third-order valence-electron chi connectivity index (χ3n) is 1.68. The van der Waals surface area contributed by atoms with E-state index in [0.29, 0.717) is 0 Å². The van der Waals surface area contributed by atoms with Gasteiger partial charge in [-0.1, -0.05) is 6.58 Å². The smallest absolute Gasteiger partial charge is 0.356 e. The summed E-state index contributed by atoms with van der Waals surface area (Å²) < 4.78 is 4.51. The van der Waals surface area contributed by atoms with Crippen molar-refractivity contribution in [2.24, 2.45) is 4.99 Å². The molecule has 14 heavy (non-hydrogen) atoms. The molecule has 0 saturated heterocycles. The van der Waals surface area contributed by atoms with Crippen LogP contribution < -0.4 is 0 Å². The Kier molecular flexibility index (Phi) is 5.29. The highest BCUT2D eigenvalue weighted by Crippen LogP contribution is 1.97. The highest BCUT2D eigenvalue weighted by atomic mass is 16.5. The van der Waals surface area contributed by atoms with Gasteiger partial charge in [0.15, 0.2) is 0 Å². The molecule has 0 N–H and O–H groups in total. The predicted molar refractivity (Wildman–Crippen MR) is 57.1 cm³/mol. The lowest BCUT2D eigenvalue weighted by Crippen LogP contribution is -2.13. The fourth-order valence-corrected chi connectivity index (χ4v) is 0.572. The molecule has 4 nitrogen and oxygen atoms in total. The number of hydrogen-bond donors (Lipinski definition) is 0. The van der Waals surface area contributed by atoms with Crippen LogP contribution in [0, 0.1) is 0 Å². The van der Waals surface area contributed by atoms with E-state index in [2.05, 4.69) is 16.3 Å². The Morgan fingerprint density at radius 2 is 2.07 bits per heavy atom. The van der Waals surface area contributed by atoms with E-state index in [0.717, 1.165) is 5.70 Å². The molecule has 0 aromatic rings. The molecule has 0 aliphatic heterocycles. The number of esters is 1. The van der Waals surface area contributed by atoms with E-state index >= 15 is 0 Å². The van der Waals surface area contributed by atoms with Crippen LogP contribution in [0.4, 0.5) is 0 Å². The number of methoxy groups -OCH3 is 1. The molecule has 0 unspecified atom stereocenters. The van der Waals surface area contributed by atoms with Crippen molar-refractivity contribution in [1.29, 1.82) is 0 Å². The van der Waals surface area contributed by atoms with Crippen molar-refractivity contribution in [3.05, 3.63) is 24.6 Å². The number of nitrogens with zero attached hydrogens (tertiary/aromatic N) is 2. The molecule has 0 radical (unpaired) electrons. The van der Waals surface area contributed by atoms with Crippen LogP contribution in [0.1, 0.15) is 6.92 Å². The average molecular weight is 196 g/mol. The summed E-state index contributed by atoms with van der Waals surface area (Å²) in [6.07, 6.45) is 2.96. The molecule has 0 heterocycles. The van der Waals surface area contributed by atoms with Crippen molar-refractivity contribution in [3.8, 4) is 0 Å². The van der Waals surface area contributed by atoms with Crippen molar-refractivity contribution in [1.82, 2.24) is 4.90 Å². The van der Waals surface area contributed by atoms with Gasteiger partial charge in [0, 0.05) is 26.0 Å². The quantitative estimate of drug-likeness (QED) is 0.501. The summed E-state index contributed by atoms with van der Waals surface area (Å²) in [7, 11) is 5.10. The molecule has 0 rings (SSSR count). The van der Waals surface area contributed by atoms with Crippen LogP contribution in [-0.2, 0) is 9.53 Å². The number of aliphatic imine (C=N–C) groups is 1. The minimum absolute atomic E-state index is 0.203. The van der Waals surface area contributed by atoms with E-state index < -0.39 is 5.97 Å². The Morgan fingerprint density at radius 3 is 2.43 bits per heavy atom. The van der Waals surface area contributed by atoms with Crippen molar-refractivity contribution in [3.63, 3.8) is 0 Å². The van der Waals surface area contributed by atoms with Gasteiger partial charge in [-0.05, 0) is 13.0 Å². The Morgan fingerprint density at radius 1 is 1.50 bits per heavy atom. The molecule has 78 valence electrons. The van der Waals surface area contributed by atoms with E-state index in [1.165, 1.54) is 13.2 Å². The van der Waals surface area contributed by atoms with Gasteiger partial charge < -0.3 is 9.64 Å². The van der Waals surface area contributed by atoms with Crippen LogP contribution in [0.3, 0.4) is 0 Å². The highest BCUT2D eigenvalue weighted by molar-refractivity contribution is 6.41. The Hall–Kier alpha value is -1.58. The molecule has 0 bridgehead atoms. The summed E-state index contributed by atoms with van der Waals surface area (Å²) in [6, 6.07) is 0. The predicted octanol–water partition coefficient (Wildman–Crippen LogP) is 1.21. The Balaban J connectivity index is 4.70. The zero-order chi connectivity index (χ0) is 11.1. The van der Waals surface area contributed by atoms with Crippen LogP contribution in [0.15, 0.2) is 29.5 Å². The largest absolute Gasteiger partial charge is 0.464 e. The first-order chi connectivity index (χ1) is 6.52. The Labute approximate surface area is 84.6 Å². The molecular formula is C10H16N2O2. The number of carbonyl (C=O) groups is 1. The second-order valence-corrected chi connectivity index (χ2v) is 2.87. The van der Waals surface area contributed by atoms with Crippen molar-refractivity contribution < 1.29 is 9.53 Å². The SMILES string of the molecule is C=CC(=N/C=C(\C)N(C)C)C(=O)OC. The second-order valence-electron chi connectivity index (χ2n) is 2.87. The number of ether oxygens (including phenoxy) is 1. The standard InChI is InChI=1S/C10H16N2O2/c1-6-9(10(13)14-5)11-7-8(2)12(3)4/h6-7H,1H2,2-5H3/b8-7+,11-9?. The molecule has 0 aromatic heterocycles. The van der Waals surface area contributed by atoms with Gasteiger partial charge in [-0.2, -0.15) is 0 Å². The number of carbonyl (C=O) groups excluding carboxylic acids is 1. The first-order valence-corrected chi connectivity index (χ1v) is 4.15. The van der Waals surface area contributed by atoms with Gasteiger partial charge >= 0.3 is 5.97 Å². The lowest BCUT2D eigenvalue weighted by atomic mass is 10.4. The van der Waals surface area contributed by atoms with Gasteiger partial charge in [0.05, 0.1) is 7.11 Å². The summed E-state index contributed by atoms with van der Waals surface area (Å²) in [5.74, 6) is -0.484. The monoisotopic (exact) mass is 196 g/mol. The molecule has 0 saturated carbocycles. The van der Waals surface area contributed by atoms with E-state index in [9.17, 15) is 4.79 Å². The first-order valence-electron chi connectivity index (χ1n) is 4.15. The van der Waals surface area contributed by atoms with E-state index in [1.807, 2.05) is 25.9 Å². The first kappa shape index (κ1) is 12.4. The molecule has 4 heteroatoms. The third-order valence-corrected chi connectivity index (χ3v) is 1.68. The highest BCUT2D eigenvalue weighted by Gasteiger charge is 2.05. The molecule has 0 aromatic carbocycles. The van der Waals surface area contributed by atoms with Crippen molar-refractivity contribution >= 4 is 11.7 Å². The molecule has 0 aliphatic carbocycles. The van der Waals surface area contributed by atoms with Crippen LogP contribution in [-0.4, -0.2) is 37.8 Å². The lowest BCUT2D eigenvalue weighted by molar-refractivity contribution is -0.132. The minimum Gasteiger partial charge on any atom is -0.464 e. The van der Waals surface area contributed by atoms with Gasteiger partial charge in [0.25, 0.3) is 0 Å². The van der Waals surface area contributed by atoms with Gasteiger partial charge in [-0.15, -0.1) is 0 Å². The summed E-state index contributed by atoms with van der Waals surface area (Å²) in [5.41, 5.74) is 1.14. The topological polar surface area (TPSA) is 41.9 Å². The molecule has 0 spiro atoms. The van der Waals surface area contributed by atoms with E-state index in [-0.39, 0.29) is 5.71 Å². The fourth-order valence-electron chi connectivity index (χ4n) is 0.572. The normalized spacial score (nSPS) is 12.3. The molecule has 0 aliphatic rings. The molecule has 0 amide bonds. The summed E-state index contributed by atoms with van der Waals surface area (Å²) in [4.78, 5) is 16.9. The molecular weight excluding hydrogens is 180 g/mol. The van der Waals surface area contributed by atoms with Crippen LogP contribution in [0.25, 0.3) is 0 Å². The number of hydrogen-bond acceptors (Lipinski definition) is 4. The summed E-state index contributed by atoms with van der Waals surface area (Å²) >= 11 is 0. The maximum absolute atomic E-state index is 11.1. The van der Waals surface area contributed by atoms with Crippen molar-refractivity contribution in [2.75, 3.05) is 21.2 Å². The van der Waals surface area contributed by atoms with Crippen molar-refractivity contribution in [2.45, 2.75) is 6.92 Å². The van der Waals surface area contributed by atoms with E-state index in [4.69, 9.17) is 0 Å². The molecule has 0 atom stereocenters. The van der Waals surface area contributed by atoms with Crippen LogP contribution >= 0.6 is 0 Å². The average Bonchev–Trinajstić information content (AvgIpc) is 2.17. The zero-order valence-electron chi connectivity index (χ0n) is 9.07. The second kappa shape index (κ2) is 5.96. The van der Waals surface area contributed by atoms with Gasteiger partial charge in [-0.3, -0.25) is 0 Å². The maximum Gasteiger partial charge on any atom is 0.356 e. The Bertz CT molecular complexity index is 278. The van der Waals surface area contributed by atoms with Crippen LogP contribution in [0.5, 0.6) is 0 Å². The number of allylic oxidation sites excluding steroid dienone is 1. The minimum atomic E-state index is -0.484. The van der Waals surface area contributed by atoms with E-state index in [1.54, 1.807) is 6.20 Å². The van der Waals surface area contributed by atoms with Crippen LogP contribution in [0.2, 0.25) is 0 Å². The van der Waals surface area contributed by atoms with Gasteiger partial charge in [0.2, 0.25) is 0 Å². The van der Waals surface area contributed by atoms with Gasteiger partial charge in [0.1, 0.15) is 5.71 Å². The zero-order valence-corrected chi connectivity index (χ0v) is 9.07. The fraction of sp³-hybridized carbons (Fsp3) is 0.400. The third kappa shape index (κ3) is 3.89. The van der Waals surface area contributed by atoms with Gasteiger partial charge in [-0.25, -0.2) is 9.79 Å². The number of rotatable bonds is 4. The molecule has 0 fully saturated rings. The summed E-state index contributed by atoms with van der Waals surface area (Å²) in [5, 5.41) is 0. The maximum atomic E-state index is 11.1.